The maximum atomic E-state index is 13.0. The molecule has 0 bridgehead atoms. The number of rotatable bonds is 6. The molecule has 0 aliphatic heterocycles. The number of halogens is 6. The number of nitrogens with one attached hydrogen (secondary N) is 1. The van der Waals surface area contributed by atoms with E-state index in [1.807, 2.05) is 12.1 Å². The molecule has 0 aliphatic rings. The quantitative estimate of drug-likeness (QED) is 0.135. The molecule has 3 aromatic carbocycles. The topological polar surface area (TPSA) is 33.6 Å². The first-order valence-corrected chi connectivity index (χ1v) is 10.7. The van der Waals surface area contributed by atoms with Crippen LogP contribution in [0.2, 0.25) is 0 Å². The fourth-order valence-corrected chi connectivity index (χ4v) is 4.57. The van der Waals surface area contributed by atoms with Gasteiger partial charge in [-0.3, -0.25) is 5.43 Å². The molecule has 3 rings (SSSR count). The molecular formula is C21H14F4I2N2O. The van der Waals surface area contributed by atoms with Crippen molar-refractivity contribution in [3.63, 3.8) is 0 Å². The minimum absolute atomic E-state index is 0.295. The van der Waals surface area contributed by atoms with E-state index < -0.39 is 11.7 Å². The minimum Gasteiger partial charge on any atom is -0.487 e. The Morgan fingerprint density at radius 2 is 1.53 bits per heavy atom. The van der Waals surface area contributed by atoms with Gasteiger partial charge >= 0.3 is 6.18 Å². The van der Waals surface area contributed by atoms with Gasteiger partial charge in [-0.15, -0.1) is 0 Å². The minimum atomic E-state index is -4.37. The molecule has 0 saturated carbocycles. The highest BCUT2D eigenvalue weighted by molar-refractivity contribution is 14.1. The number of nitrogens with zero attached hydrogens (tertiary/aromatic N) is 1. The van der Waals surface area contributed by atoms with E-state index in [4.69, 9.17) is 4.74 Å². The summed E-state index contributed by atoms with van der Waals surface area (Å²) in [5.74, 6) is 0.421. The van der Waals surface area contributed by atoms with Gasteiger partial charge in [-0.25, -0.2) is 4.39 Å². The third-order valence-corrected chi connectivity index (χ3v) is 5.54. The van der Waals surface area contributed by atoms with Crippen LogP contribution in [0.1, 0.15) is 16.7 Å². The Bertz CT molecular complexity index is 1010. The summed E-state index contributed by atoms with van der Waals surface area (Å²) in [7, 11) is 0. The van der Waals surface area contributed by atoms with Gasteiger partial charge < -0.3 is 4.74 Å². The van der Waals surface area contributed by atoms with Crippen molar-refractivity contribution in [2.75, 3.05) is 5.43 Å². The summed E-state index contributed by atoms with van der Waals surface area (Å²) in [6, 6.07) is 14.5. The molecule has 0 heterocycles. The summed E-state index contributed by atoms with van der Waals surface area (Å²) < 4.78 is 58.4. The van der Waals surface area contributed by atoms with Crippen molar-refractivity contribution in [3.8, 4) is 5.75 Å². The van der Waals surface area contributed by atoms with Crippen LogP contribution >= 0.6 is 45.2 Å². The fraction of sp³-hybridized carbons (Fsp3) is 0.0952. The molecule has 0 radical (unpaired) electrons. The smallest absolute Gasteiger partial charge is 0.416 e. The number of hydrogen-bond acceptors (Lipinski definition) is 3. The van der Waals surface area contributed by atoms with Gasteiger partial charge in [0.15, 0.2) is 0 Å². The molecule has 0 aromatic heterocycles. The summed E-state index contributed by atoms with van der Waals surface area (Å²) >= 11 is 4.31. The Hall–Kier alpha value is -1.89. The van der Waals surface area contributed by atoms with Gasteiger partial charge in [0.1, 0.15) is 18.2 Å². The maximum absolute atomic E-state index is 13.0. The zero-order valence-electron chi connectivity index (χ0n) is 15.2. The Morgan fingerprint density at radius 3 is 2.10 bits per heavy atom. The van der Waals surface area contributed by atoms with Crippen molar-refractivity contribution in [1.82, 2.24) is 0 Å². The molecule has 0 aliphatic carbocycles. The summed E-state index contributed by atoms with van der Waals surface area (Å²) in [6.07, 6.45) is -2.79. The molecule has 0 amide bonds. The van der Waals surface area contributed by atoms with Crippen LogP contribution in [-0.4, -0.2) is 6.21 Å². The second-order valence-corrected chi connectivity index (χ2v) is 8.50. The van der Waals surface area contributed by atoms with E-state index in [1.165, 1.54) is 24.3 Å². The van der Waals surface area contributed by atoms with Crippen LogP contribution in [0.15, 0.2) is 65.8 Å². The van der Waals surface area contributed by atoms with E-state index in [0.29, 0.717) is 18.0 Å². The first kappa shape index (κ1) is 22.8. The third-order valence-electron chi connectivity index (χ3n) is 3.94. The molecular weight excluding hydrogens is 626 g/mol. The molecule has 0 atom stereocenters. The van der Waals surface area contributed by atoms with Crippen LogP contribution in [0.3, 0.4) is 0 Å². The number of hydrogen-bond donors (Lipinski definition) is 1. The standard InChI is InChI=1S/C21H14F4I2N2O/c22-16-5-1-13(2-6-16)12-30-20-18(26)9-14(10-19(20)27)11-28-29-17-7-3-15(4-8-17)21(23,24)25/h1-11,29H,12H2/b28-11+. The van der Waals surface area contributed by atoms with Crippen LogP contribution in [0, 0.1) is 13.0 Å². The lowest BCUT2D eigenvalue weighted by atomic mass is 10.2. The zero-order chi connectivity index (χ0) is 21.7. The summed E-state index contributed by atoms with van der Waals surface area (Å²) in [5.41, 5.74) is 4.11. The van der Waals surface area contributed by atoms with Crippen molar-refractivity contribution in [2.24, 2.45) is 5.10 Å². The van der Waals surface area contributed by atoms with Gasteiger partial charge in [-0.1, -0.05) is 12.1 Å². The lowest BCUT2D eigenvalue weighted by molar-refractivity contribution is -0.137. The van der Waals surface area contributed by atoms with Gasteiger partial charge in [0, 0.05) is 0 Å². The molecule has 0 spiro atoms. The van der Waals surface area contributed by atoms with Crippen molar-refractivity contribution < 1.29 is 22.3 Å². The van der Waals surface area contributed by atoms with Crippen molar-refractivity contribution in [3.05, 3.63) is 90.3 Å². The Balaban J connectivity index is 1.63. The predicted octanol–water partition coefficient (Wildman–Crippen LogP) is 7.08. The van der Waals surface area contributed by atoms with Gasteiger partial charge in [-0.2, -0.15) is 18.3 Å². The fourth-order valence-electron chi connectivity index (χ4n) is 2.44. The van der Waals surface area contributed by atoms with Crippen LogP contribution in [0.4, 0.5) is 23.2 Å². The lowest BCUT2D eigenvalue weighted by Crippen LogP contribution is -2.04. The molecule has 0 unspecified atom stereocenters. The highest BCUT2D eigenvalue weighted by Gasteiger charge is 2.29. The SMILES string of the molecule is Fc1ccc(COc2c(I)cc(/C=N/Nc3ccc(C(F)(F)F)cc3)cc2I)cc1. The largest absolute Gasteiger partial charge is 0.487 e. The normalized spacial score (nSPS) is 11.7. The third kappa shape index (κ3) is 6.30. The van der Waals surface area contributed by atoms with Crippen molar-refractivity contribution in [2.45, 2.75) is 12.8 Å². The first-order valence-electron chi connectivity index (χ1n) is 8.55. The van der Waals surface area contributed by atoms with E-state index in [2.05, 4.69) is 55.7 Å². The van der Waals surface area contributed by atoms with Gasteiger partial charge in [0.05, 0.1) is 24.6 Å². The van der Waals surface area contributed by atoms with E-state index in [0.717, 1.165) is 30.4 Å². The summed E-state index contributed by atoms with van der Waals surface area (Å²) in [4.78, 5) is 0. The van der Waals surface area contributed by atoms with Gasteiger partial charge in [0.2, 0.25) is 0 Å². The predicted molar refractivity (Wildman–Crippen MR) is 125 cm³/mol. The van der Waals surface area contributed by atoms with Gasteiger partial charge in [-0.05, 0) is 105 Å². The molecule has 0 fully saturated rings. The highest BCUT2D eigenvalue weighted by atomic mass is 127. The Morgan fingerprint density at radius 1 is 0.933 bits per heavy atom. The number of ether oxygens (including phenoxy) is 1. The number of hydrazone groups is 1. The number of anilines is 1. The maximum Gasteiger partial charge on any atom is 0.416 e. The van der Waals surface area contributed by atoms with E-state index in [1.54, 1.807) is 18.3 Å². The van der Waals surface area contributed by atoms with Crippen molar-refractivity contribution >= 4 is 57.1 Å². The van der Waals surface area contributed by atoms with Crippen LogP contribution in [0.5, 0.6) is 5.75 Å². The average molecular weight is 640 g/mol. The van der Waals surface area contributed by atoms with Crippen LogP contribution in [0.25, 0.3) is 0 Å². The van der Waals surface area contributed by atoms with Crippen LogP contribution < -0.4 is 10.2 Å². The molecule has 30 heavy (non-hydrogen) atoms. The molecule has 9 heteroatoms. The molecule has 3 nitrogen and oxygen atoms in total. The lowest BCUT2D eigenvalue weighted by Gasteiger charge is -2.11. The van der Waals surface area contributed by atoms with E-state index >= 15 is 0 Å². The average Bonchev–Trinajstić information content (AvgIpc) is 2.68. The van der Waals surface area contributed by atoms with E-state index in [-0.39, 0.29) is 5.82 Å². The second-order valence-electron chi connectivity index (χ2n) is 6.17. The molecule has 0 saturated heterocycles. The highest BCUT2D eigenvalue weighted by Crippen LogP contribution is 2.30. The molecule has 156 valence electrons. The van der Waals surface area contributed by atoms with Crippen LogP contribution in [-0.2, 0) is 12.8 Å². The monoisotopic (exact) mass is 640 g/mol. The number of alkyl halides is 3. The summed E-state index contributed by atoms with van der Waals surface area (Å²) in [6.45, 7) is 0.315. The zero-order valence-corrected chi connectivity index (χ0v) is 19.5. The molecule has 3 aromatic rings. The van der Waals surface area contributed by atoms with E-state index in [9.17, 15) is 17.6 Å². The number of benzene rings is 3. The van der Waals surface area contributed by atoms with Gasteiger partial charge in [0.25, 0.3) is 0 Å². The summed E-state index contributed by atoms with van der Waals surface area (Å²) in [5, 5.41) is 4.08. The Kier molecular flexibility index (Phi) is 7.55. The molecule has 1 N–H and O–H groups in total. The second kappa shape index (κ2) is 9.94. The first-order chi connectivity index (χ1) is 14.2. The Labute approximate surface area is 197 Å². The van der Waals surface area contributed by atoms with Crippen molar-refractivity contribution in [1.29, 1.82) is 0 Å².